The van der Waals surface area contributed by atoms with Crippen molar-refractivity contribution in [1.82, 2.24) is 10.3 Å². The van der Waals surface area contributed by atoms with Crippen LogP contribution in [0.15, 0.2) is 5.38 Å². The van der Waals surface area contributed by atoms with Gasteiger partial charge in [-0.25, -0.2) is 4.98 Å². The average molecular weight is 311 g/mol. The number of thiazole rings is 1. The number of aromatic nitrogens is 1. The minimum Gasteiger partial charge on any atom is -0.378 e. The fourth-order valence-corrected chi connectivity index (χ4v) is 3.29. The average Bonchev–Trinajstić information content (AvgIpc) is 2.97. The first-order valence-corrected chi connectivity index (χ1v) is 8.72. The van der Waals surface area contributed by atoms with Crippen molar-refractivity contribution in [2.24, 2.45) is 5.73 Å². The van der Waals surface area contributed by atoms with Crippen LogP contribution in [-0.2, 0) is 11.2 Å². The summed E-state index contributed by atoms with van der Waals surface area (Å²) in [5.41, 5.74) is 5.97. The third-order valence-corrected chi connectivity index (χ3v) is 4.56. The molecule has 1 aliphatic rings. The van der Waals surface area contributed by atoms with E-state index in [1.807, 2.05) is 0 Å². The maximum Gasteiger partial charge on any atom is 0.270 e. The Balaban J connectivity index is 1.58. The molecule has 0 radical (unpaired) electrons. The number of amides is 1. The summed E-state index contributed by atoms with van der Waals surface area (Å²) in [5.74, 6) is -0.104. The van der Waals surface area contributed by atoms with Gasteiger partial charge in [0.1, 0.15) is 5.69 Å². The highest BCUT2D eigenvalue weighted by atomic mass is 32.1. The quantitative estimate of drug-likeness (QED) is 0.721. The second kappa shape index (κ2) is 9.12. The van der Waals surface area contributed by atoms with Gasteiger partial charge < -0.3 is 15.8 Å². The van der Waals surface area contributed by atoms with Crippen LogP contribution in [0.2, 0.25) is 0 Å². The summed E-state index contributed by atoms with van der Waals surface area (Å²) in [7, 11) is 0. The highest BCUT2D eigenvalue weighted by Gasteiger charge is 2.13. The summed E-state index contributed by atoms with van der Waals surface area (Å²) in [6, 6.07) is 0. The number of nitrogens with zero attached hydrogens (tertiary/aromatic N) is 1. The van der Waals surface area contributed by atoms with Crippen LogP contribution in [-0.4, -0.2) is 36.7 Å². The third-order valence-electron chi connectivity index (χ3n) is 3.66. The first kappa shape index (κ1) is 16.4. The number of rotatable bonds is 8. The molecule has 21 heavy (non-hydrogen) atoms. The molecule has 0 aromatic carbocycles. The Morgan fingerprint density at radius 3 is 3.00 bits per heavy atom. The number of nitrogens with two attached hydrogens (primary N) is 1. The van der Waals surface area contributed by atoms with Crippen LogP contribution >= 0.6 is 11.3 Å². The monoisotopic (exact) mass is 311 g/mol. The molecule has 1 saturated carbocycles. The molecule has 1 aromatic rings. The molecule has 0 saturated heterocycles. The molecule has 2 rings (SSSR count). The summed E-state index contributed by atoms with van der Waals surface area (Å²) in [6.07, 6.45) is 8.31. The maximum absolute atomic E-state index is 11.9. The van der Waals surface area contributed by atoms with E-state index in [9.17, 15) is 4.79 Å². The lowest BCUT2D eigenvalue weighted by Gasteiger charge is -2.21. The van der Waals surface area contributed by atoms with E-state index >= 15 is 0 Å². The molecule has 6 heteroatoms. The topological polar surface area (TPSA) is 77.2 Å². The summed E-state index contributed by atoms with van der Waals surface area (Å²) in [5, 5.41) is 5.60. The molecule has 1 aliphatic carbocycles. The van der Waals surface area contributed by atoms with Gasteiger partial charge in [-0.05, 0) is 25.8 Å². The van der Waals surface area contributed by atoms with Gasteiger partial charge in [-0.3, -0.25) is 4.79 Å². The van der Waals surface area contributed by atoms with Gasteiger partial charge in [-0.2, -0.15) is 0 Å². The van der Waals surface area contributed by atoms with Crippen LogP contribution in [0.1, 0.15) is 54.0 Å². The van der Waals surface area contributed by atoms with Crippen molar-refractivity contribution in [2.75, 3.05) is 19.7 Å². The van der Waals surface area contributed by atoms with Crippen LogP contribution in [0.5, 0.6) is 0 Å². The Kier molecular flexibility index (Phi) is 7.12. The first-order valence-electron chi connectivity index (χ1n) is 7.84. The molecule has 3 N–H and O–H groups in total. The number of ether oxygens (including phenoxy) is 1. The van der Waals surface area contributed by atoms with Gasteiger partial charge in [0.05, 0.1) is 11.1 Å². The molecule has 0 aliphatic heterocycles. The number of carbonyl (C=O) groups is 1. The Bertz CT molecular complexity index is 430. The number of hydrogen-bond acceptors (Lipinski definition) is 5. The number of nitrogens with one attached hydrogen (secondary N) is 1. The van der Waals surface area contributed by atoms with E-state index in [4.69, 9.17) is 10.5 Å². The Labute approximate surface area is 130 Å². The largest absolute Gasteiger partial charge is 0.378 e. The van der Waals surface area contributed by atoms with E-state index in [1.165, 1.54) is 43.4 Å². The summed E-state index contributed by atoms with van der Waals surface area (Å²) in [6.45, 7) is 1.92. The Hall–Kier alpha value is -0.980. The van der Waals surface area contributed by atoms with Crippen LogP contribution < -0.4 is 11.1 Å². The minimum atomic E-state index is -0.104. The molecule has 1 aromatic heterocycles. The molecule has 118 valence electrons. The zero-order valence-corrected chi connectivity index (χ0v) is 13.3. The lowest BCUT2D eigenvalue weighted by molar-refractivity contribution is 0.0273. The lowest BCUT2D eigenvalue weighted by Crippen LogP contribution is -2.26. The predicted octanol–water partition coefficient (Wildman–Crippen LogP) is 2.11. The summed E-state index contributed by atoms with van der Waals surface area (Å²) >= 11 is 1.49. The molecule has 0 bridgehead atoms. The summed E-state index contributed by atoms with van der Waals surface area (Å²) in [4.78, 5) is 16.2. The lowest BCUT2D eigenvalue weighted by atomic mass is 9.98. The van der Waals surface area contributed by atoms with Gasteiger partial charge in [-0.15, -0.1) is 11.3 Å². The van der Waals surface area contributed by atoms with E-state index in [0.29, 0.717) is 24.9 Å². The zero-order chi connectivity index (χ0) is 14.9. The zero-order valence-electron chi connectivity index (χ0n) is 12.5. The SMILES string of the molecule is NCCc1nc(C(=O)NCCCOC2CCCCC2)cs1. The molecule has 1 fully saturated rings. The van der Waals surface area contributed by atoms with Crippen LogP contribution in [0.4, 0.5) is 0 Å². The minimum absolute atomic E-state index is 0.104. The van der Waals surface area contributed by atoms with Gasteiger partial charge in [0.2, 0.25) is 0 Å². The molecular weight excluding hydrogens is 286 g/mol. The first-order chi connectivity index (χ1) is 10.3. The van der Waals surface area contributed by atoms with Crippen molar-refractivity contribution >= 4 is 17.2 Å². The smallest absolute Gasteiger partial charge is 0.270 e. The van der Waals surface area contributed by atoms with E-state index in [0.717, 1.165) is 24.5 Å². The van der Waals surface area contributed by atoms with E-state index in [-0.39, 0.29) is 5.91 Å². The molecule has 0 atom stereocenters. The standard InChI is InChI=1S/C15H25N3O2S/c16-8-7-14-18-13(11-21-14)15(19)17-9-4-10-20-12-5-2-1-3-6-12/h11-12H,1-10,16H2,(H,17,19). The van der Waals surface area contributed by atoms with Gasteiger partial charge in [0.25, 0.3) is 5.91 Å². The molecule has 0 spiro atoms. The van der Waals surface area contributed by atoms with Crippen molar-refractivity contribution < 1.29 is 9.53 Å². The normalized spacial score (nSPS) is 16.0. The molecular formula is C15H25N3O2S. The van der Waals surface area contributed by atoms with E-state index < -0.39 is 0 Å². The van der Waals surface area contributed by atoms with Crippen LogP contribution in [0, 0.1) is 0 Å². The molecule has 5 nitrogen and oxygen atoms in total. The highest BCUT2D eigenvalue weighted by Crippen LogP contribution is 2.20. The van der Waals surface area contributed by atoms with Crippen LogP contribution in [0.3, 0.4) is 0 Å². The van der Waals surface area contributed by atoms with Crippen LogP contribution in [0.25, 0.3) is 0 Å². The Morgan fingerprint density at radius 1 is 1.43 bits per heavy atom. The number of carbonyl (C=O) groups excluding carboxylic acids is 1. The maximum atomic E-state index is 11.9. The van der Waals surface area contributed by atoms with Gasteiger partial charge >= 0.3 is 0 Å². The molecule has 1 amide bonds. The molecule has 1 heterocycles. The van der Waals surface area contributed by atoms with Crippen molar-refractivity contribution in [3.63, 3.8) is 0 Å². The van der Waals surface area contributed by atoms with E-state index in [1.54, 1.807) is 5.38 Å². The Morgan fingerprint density at radius 2 is 2.24 bits per heavy atom. The highest BCUT2D eigenvalue weighted by molar-refractivity contribution is 7.09. The third kappa shape index (κ3) is 5.73. The number of hydrogen-bond donors (Lipinski definition) is 2. The van der Waals surface area contributed by atoms with Crippen molar-refractivity contribution in [3.05, 3.63) is 16.1 Å². The second-order valence-corrected chi connectivity index (χ2v) is 6.35. The molecule has 0 unspecified atom stereocenters. The van der Waals surface area contributed by atoms with Crippen molar-refractivity contribution in [2.45, 2.75) is 51.0 Å². The van der Waals surface area contributed by atoms with Crippen molar-refractivity contribution in [1.29, 1.82) is 0 Å². The second-order valence-electron chi connectivity index (χ2n) is 5.41. The van der Waals surface area contributed by atoms with Gasteiger partial charge in [0.15, 0.2) is 0 Å². The fourth-order valence-electron chi connectivity index (χ4n) is 2.50. The fraction of sp³-hybridized carbons (Fsp3) is 0.733. The van der Waals surface area contributed by atoms with Gasteiger partial charge in [0, 0.05) is 25.0 Å². The van der Waals surface area contributed by atoms with Crippen molar-refractivity contribution in [3.8, 4) is 0 Å². The summed E-state index contributed by atoms with van der Waals surface area (Å²) < 4.78 is 5.83. The predicted molar refractivity (Wildman–Crippen MR) is 84.6 cm³/mol. The van der Waals surface area contributed by atoms with Gasteiger partial charge in [-0.1, -0.05) is 19.3 Å². The van der Waals surface area contributed by atoms with E-state index in [2.05, 4.69) is 10.3 Å².